The van der Waals surface area contributed by atoms with Gasteiger partial charge in [0.15, 0.2) is 0 Å². The molecule has 0 aromatic heterocycles. The summed E-state index contributed by atoms with van der Waals surface area (Å²) < 4.78 is 32.5. The Labute approximate surface area is 225 Å². The first-order chi connectivity index (χ1) is 18.6. The predicted molar refractivity (Wildman–Crippen MR) is 140 cm³/mol. The SMILES string of the molecule is CCCCC(CC)C(=O)OCCOCCOCCOCCOCCOCCN1C(=O)c2ccccc2C1=O. The van der Waals surface area contributed by atoms with Gasteiger partial charge in [-0.1, -0.05) is 38.8 Å². The Morgan fingerprint density at radius 1 is 0.711 bits per heavy atom. The fraction of sp³-hybridized carbons (Fsp3) is 0.679. The van der Waals surface area contributed by atoms with Crippen LogP contribution in [-0.4, -0.2) is 102 Å². The maximum absolute atomic E-state index is 12.3. The number of ether oxygens (including phenoxy) is 6. The van der Waals surface area contributed by atoms with Crippen molar-refractivity contribution in [1.82, 2.24) is 4.90 Å². The molecule has 0 spiro atoms. The topological polar surface area (TPSA) is 110 Å². The molecule has 0 aliphatic carbocycles. The second-order valence-corrected chi connectivity index (χ2v) is 8.78. The number of carbonyl (C=O) groups is 3. The van der Waals surface area contributed by atoms with Crippen molar-refractivity contribution in [2.75, 3.05) is 79.2 Å². The van der Waals surface area contributed by atoms with Gasteiger partial charge in [-0.3, -0.25) is 19.3 Å². The quantitative estimate of drug-likeness (QED) is 0.118. The lowest BCUT2D eigenvalue weighted by Gasteiger charge is -2.14. The van der Waals surface area contributed by atoms with E-state index in [9.17, 15) is 14.4 Å². The van der Waals surface area contributed by atoms with Crippen LogP contribution in [0.4, 0.5) is 0 Å². The lowest BCUT2D eigenvalue weighted by atomic mass is 10.00. The highest BCUT2D eigenvalue weighted by atomic mass is 16.6. The Kier molecular flexibility index (Phi) is 16.5. The van der Waals surface area contributed by atoms with Gasteiger partial charge in [-0.25, -0.2) is 0 Å². The molecule has 0 saturated heterocycles. The molecule has 10 nitrogen and oxygen atoms in total. The van der Waals surface area contributed by atoms with Gasteiger partial charge in [-0.2, -0.15) is 0 Å². The van der Waals surface area contributed by atoms with Gasteiger partial charge in [0.25, 0.3) is 11.8 Å². The number of carbonyl (C=O) groups excluding carboxylic acids is 3. The summed E-state index contributed by atoms with van der Waals surface area (Å²) in [4.78, 5) is 37.7. The van der Waals surface area contributed by atoms with E-state index in [-0.39, 0.29) is 43.5 Å². The number of hydrogen-bond donors (Lipinski definition) is 0. The van der Waals surface area contributed by atoms with Crippen LogP contribution in [0.3, 0.4) is 0 Å². The van der Waals surface area contributed by atoms with Gasteiger partial charge in [-0.05, 0) is 25.0 Å². The van der Waals surface area contributed by atoms with Crippen molar-refractivity contribution >= 4 is 17.8 Å². The fourth-order valence-corrected chi connectivity index (χ4v) is 3.84. The molecule has 0 saturated carbocycles. The van der Waals surface area contributed by atoms with Crippen LogP contribution in [0, 0.1) is 5.92 Å². The van der Waals surface area contributed by atoms with E-state index in [2.05, 4.69) is 6.92 Å². The third-order valence-corrected chi connectivity index (χ3v) is 6.03. The Morgan fingerprint density at radius 3 is 1.61 bits per heavy atom. The van der Waals surface area contributed by atoms with Gasteiger partial charge in [-0.15, -0.1) is 0 Å². The smallest absolute Gasteiger partial charge is 0.308 e. The molecule has 0 fully saturated rings. The minimum absolute atomic E-state index is 0.0118. The molecule has 1 unspecified atom stereocenters. The van der Waals surface area contributed by atoms with Gasteiger partial charge in [0.1, 0.15) is 6.61 Å². The normalized spacial score (nSPS) is 13.7. The molecule has 1 heterocycles. The summed E-state index contributed by atoms with van der Waals surface area (Å²) in [5, 5.41) is 0. The number of nitrogens with zero attached hydrogens (tertiary/aromatic N) is 1. The van der Waals surface area contributed by atoms with Crippen molar-refractivity contribution < 1.29 is 42.8 Å². The summed E-state index contributed by atoms with van der Waals surface area (Å²) in [6, 6.07) is 6.81. The number of benzene rings is 1. The Morgan fingerprint density at radius 2 is 1.16 bits per heavy atom. The number of amides is 2. The Hall–Kier alpha value is -2.37. The monoisotopic (exact) mass is 537 g/mol. The summed E-state index contributed by atoms with van der Waals surface area (Å²) in [6.45, 7) is 8.64. The maximum Gasteiger partial charge on any atom is 0.308 e. The molecule has 1 aliphatic heterocycles. The molecule has 1 aromatic rings. The minimum atomic E-state index is -0.278. The predicted octanol–water partition coefficient (Wildman–Crippen LogP) is 3.13. The molecule has 214 valence electrons. The van der Waals surface area contributed by atoms with Crippen molar-refractivity contribution in [3.05, 3.63) is 35.4 Å². The minimum Gasteiger partial charge on any atom is -0.463 e. The highest BCUT2D eigenvalue weighted by molar-refractivity contribution is 6.21. The van der Waals surface area contributed by atoms with Crippen LogP contribution in [0.5, 0.6) is 0 Å². The van der Waals surface area contributed by atoms with Gasteiger partial charge in [0.05, 0.1) is 89.7 Å². The number of rotatable bonds is 23. The molecular weight excluding hydrogens is 494 g/mol. The molecule has 38 heavy (non-hydrogen) atoms. The summed E-state index contributed by atoms with van der Waals surface area (Å²) in [5.74, 6) is -0.698. The largest absolute Gasteiger partial charge is 0.463 e. The molecule has 10 heteroatoms. The van der Waals surface area contributed by atoms with E-state index in [0.29, 0.717) is 70.6 Å². The first kappa shape index (κ1) is 31.8. The van der Waals surface area contributed by atoms with Crippen molar-refractivity contribution in [3.63, 3.8) is 0 Å². The lowest BCUT2D eigenvalue weighted by Crippen LogP contribution is -2.33. The fourth-order valence-electron chi connectivity index (χ4n) is 3.84. The second kappa shape index (κ2) is 19.7. The highest BCUT2D eigenvalue weighted by Gasteiger charge is 2.34. The van der Waals surface area contributed by atoms with E-state index < -0.39 is 0 Å². The first-order valence-corrected chi connectivity index (χ1v) is 13.6. The second-order valence-electron chi connectivity index (χ2n) is 8.78. The summed E-state index contributed by atoms with van der Waals surface area (Å²) in [5.41, 5.74) is 0.884. The summed E-state index contributed by atoms with van der Waals surface area (Å²) >= 11 is 0. The third kappa shape index (κ3) is 11.6. The first-order valence-electron chi connectivity index (χ1n) is 13.6. The maximum atomic E-state index is 12.3. The summed E-state index contributed by atoms with van der Waals surface area (Å²) in [7, 11) is 0. The Balaban J connectivity index is 1.31. The molecule has 0 N–H and O–H groups in total. The molecule has 1 atom stereocenters. The number of hydrogen-bond acceptors (Lipinski definition) is 9. The number of unbranched alkanes of at least 4 members (excludes halogenated alkanes) is 1. The van der Waals surface area contributed by atoms with Crippen LogP contribution in [0.2, 0.25) is 0 Å². The van der Waals surface area contributed by atoms with Crippen LogP contribution in [0.25, 0.3) is 0 Å². The van der Waals surface area contributed by atoms with Crippen molar-refractivity contribution in [3.8, 4) is 0 Å². The van der Waals surface area contributed by atoms with E-state index in [0.717, 1.165) is 25.7 Å². The van der Waals surface area contributed by atoms with Crippen molar-refractivity contribution in [1.29, 1.82) is 0 Å². The highest BCUT2D eigenvalue weighted by Crippen LogP contribution is 2.21. The van der Waals surface area contributed by atoms with Crippen molar-refractivity contribution in [2.45, 2.75) is 39.5 Å². The van der Waals surface area contributed by atoms with Crippen LogP contribution < -0.4 is 0 Å². The zero-order valence-corrected chi connectivity index (χ0v) is 22.8. The van der Waals surface area contributed by atoms with E-state index in [1.165, 1.54) is 4.90 Å². The number of fused-ring (bicyclic) bond motifs is 1. The van der Waals surface area contributed by atoms with E-state index in [1.54, 1.807) is 24.3 Å². The molecule has 2 amide bonds. The third-order valence-electron chi connectivity index (χ3n) is 6.03. The van der Waals surface area contributed by atoms with Crippen LogP contribution >= 0.6 is 0 Å². The standard InChI is InChI=1S/C28H43NO9/c1-3-5-8-23(4-2)28(32)38-22-21-37-20-19-36-18-17-35-16-15-34-14-13-33-12-11-29-26(30)24-9-6-7-10-25(24)27(29)31/h6-7,9-10,23H,3-5,8,11-22H2,1-2H3. The van der Waals surface area contributed by atoms with Gasteiger partial charge >= 0.3 is 5.97 Å². The van der Waals surface area contributed by atoms with Crippen LogP contribution in [0.1, 0.15) is 60.2 Å². The molecular formula is C28H43NO9. The van der Waals surface area contributed by atoms with Crippen LogP contribution in [0.15, 0.2) is 24.3 Å². The Bertz CT molecular complexity index is 797. The average Bonchev–Trinajstić information content (AvgIpc) is 3.17. The molecule has 1 aliphatic rings. The molecule has 1 aromatic carbocycles. The van der Waals surface area contributed by atoms with Gasteiger partial charge < -0.3 is 28.4 Å². The van der Waals surface area contributed by atoms with Crippen molar-refractivity contribution in [2.24, 2.45) is 5.92 Å². The lowest BCUT2D eigenvalue weighted by molar-refractivity contribution is -0.150. The zero-order chi connectivity index (χ0) is 27.4. The number of esters is 1. The van der Waals surface area contributed by atoms with E-state index in [1.807, 2.05) is 6.92 Å². The molecule has 2 rings (SSSR count). The molecule has 0 radical (unpaired) electrons. The summed E-state index contributed by atoms with van der Waals surface area (Å²) in [6.07, 6.45) is 3.80. The zero-order valence-electron chi connectivity index (χ0n) is 22.8. The average molecular weight is 538 g/mol. The van der Waals surface area contributed by atoms with E-state index in [4.69, 9.17) is 28.4 Å². The van der Waals surface area contributed by atoms with Crippen LogP contribution in [-0.2, 0) is 33.2 Å². The van der Waals surface area contributed by atoms with Gasteiger partial charge in [0.2, 0.25) is 0 Å². The molecule has 0 bridgehead atoms. The number of imide groups is 1. The van der Waals surface area contributed by atoms with E-state index >= 15 is 0 Å². The van der Waals surface area contributed by atoms with Gasteiger partial charge in [0, 0.05) is 0 Å².